The molecule has 2 saturated heterocycles. The highest BCUT2D eigenvalue weighted by Crippen LogP contribution is 2.53. The highest BCUT2D eigenvalue weighted by Gasteiger charge is 2.59. The Hall–Kier alpha value is -0.0800. The standard InChI is InChI=1S/C13H24O2/c1-8-10-6-7-11(15-10)9(2)13(8,14)12(3,4)5/h8-11,14H,6-7H2,1-5H3/t8-,9+,10+,11?,13-/m1/s1. The molecule has 5 atom stereocenters. The lowest BCUT2D eigenvalue weighted by Gasteiger charge is -2.54. The third kappa shape index (κ3) is 1.38. The average Bonchev–Trinajstić information content (AvgIpc) is 2.56. The van der Waals surface area contributed by atoms with Gasteiger partial charge in [0, 0.05) is 11.8 Å². The van der Waals surface area contributed by atoms with Gasteiger partial charge in [0.25, 0.3) is 0 Å². The molecule has 88 valence electrons. The maximum absolute atomic E-state index is 11.0. The van der Waals surface area contributed by atoms with E-state index >= 15 is 0 Å². The smallest absolute Gasteiger partial charge is 0.0795 e. The molecule has 0 aliphatic carbocycles. The first-order chi connectivity index (χ1) is 6.78. The van der Waals surface area contributed by atoms with Crippen LogP contribution in [0.15, 0.2) is 0 Å². The molecule has 2 heterocycles. The van der Waals surface area contributed by atoms with Crippen molar-refractivity contribution >= 4 is 0 Å². The first kappa shape index (κ1) is 11.4. The number of hydrogen-bond donors (Lipinski definition) is 1. The Bertz CT molecular complexity index is 238. The van der Waals surface area contributed by atoms with Crippen molar-refractivity contribution < 1.29 is 9.84 Å². The Morgan fingerprint density at radius 3 is 1.80 bits per heavy atom. The second-order valence-corrected chi connectivity index (χ2v) is 6.44. The second-order valence-electron chi connectivity index (χ2n) is 6.44. The molecule has 2 bridgehead atoms. The predicted octanol–water partition coefficient (Wildman–Crippen LogP) is 2.60. The molecule has 2 aliphatic heterocycles. The normalized spacial score (nSPS) is 50.8. The van der Waals surface area contributed by atoms with Gasteiger partial charge in [0.05, 0.1) is 17.8 Å². The fourth-order valence-electron chi connectivity index (χ4n) is 3.77. The number of rotatable bonds is 0. The van der Waals surface area contributed by atoms with Crippen molar-refractivity contribution in [2.24, 2.45) is 17.3 Å². The summed E-state index contributed by atoms with van der Waals surface area (Å²) in [5, 5.41) is 11.0. The monoisotopic (exact) mass is 212 g/mol. The fourth-order valence-corrected chi connectivity index (χ4v) is 3.77. The van der Waals surface area contributed by atoms with Crippen LogP contribution < -0.4 is 0 Å². The molecule has 1 unspecified atom stereocenters. The number of fused-ring (bicyclic) bond motifs is 2. The largest absolute Gasteiger partial charge is 0.389 e. The summed E-state index contributed by atoms with van der Waals surface area (Å²) in [6.07, 6.45) is 2.79. The number of ether oxygens (including phenoxy) is 1. The van der Waals surface area contributed by atoms with Gasteiger partial charge in [-0.2, -0.15) is 0 Å². The van der Waals surface area contributed by atoms with E-state index in [9.17, 15) is 5.11 Å². The van der Waals surface area contributed by atoms with Crippen LogP contribution in [0.2, 0.25) is 0 Å². The minimum atomic E-state index is -0.586. The molecule has 2 rings (SSSR count). The molecule has 0 aromatic heterocycles. The summed E-state index contributed by atoms with van der Waals surface area (Å²) in [5.74, 6) is 0.484. The second kappa shape index (κ2) is 3.21. The molecular weight excluding hydrogens is 188 g/mol. The highest BCUT2D eigenvalue weighted by atomic mass is 16.5. The van der Waals surface area contributed by atoms with Crippen molar-refractivity contribution in [1.82, 2.24) is 0 Å². The van der Waals surface area contributed by atoms with Gasteiger partial charge in [0.1, 0.15) is 0 Å². The average molecular weight is 212 g/mol. The zero-order valence-corrected chi connectivity index (χ0v) is 10.6. The third-order valence-corrected chi connectivity index (χ3v) is 4.79. The van der Waals surface area contributed by atoms with Crippen LogP contribution in [0.3, 0.4) is 0 Å². The van der Waals surface area contributed by atoms with E-state index < -0.39 is 5.60 Å². The van der Waals surface area contributed by atoms with Crippen molar-refractivity contribution in [2.75, 3.05) is 0 Å². The van der Waals surface area contributed by atoms with Gasteiger partial charge in [0.15, 0.2) is 0 Å². The van der Waals surface area contributed by atoms with E-state index in [1.807, 2.05) is 0 Å². The zero-order chi connectivity index (χ0) is 11.4. The zero-order valence-electron chi connectivity index (χ0n) is 10.6. The molecule has 1 N–H and O–H groups in total. The molecule has 0 amide bonds. The fraction of sp³-hybridized carbons (Fsp3) is 1.00. The molecule has 15 heavy (non-hydrogen) atoms. The van der Waals surface area contributed by atoms with E-state index in [2.05, 4.69) is 34.6 Å². The van der Waals surface area contributed by atoms with Crippen molar-refractivity contribution in [3.8, 4) is 0 Å². The van der Waals surface area contributed by atoms with Crippen LogP contribution in [-0.2, 0) is 4.74 Å². The van der Waals surface area contributed by atoms with E-state index in [-0.39, 0.29) is 29.5 Å². The van der Waals surface area contributed by atoms with E-state index in [4.69, 9.17) is 4.74 Å². The maximum Gasteiger partial charge on any atom is 0.0795 e. The summed E-state index contributed by atoms with van der Waals surface area (Å²) in [4.78, 5) is 0. The SMILES string of the molecule is C[C@@H]1[C@@H]2CCC(O2)[C@H](C)[C@@]1(O)C(C)(C)C. The van der Waals surface area contributed by atoms with Crippen LogP contribution in [0.25, 0.3) is 0 Å². The van der Waals surface area contributed by atoms with Crippen LogP contribution in [0.5, 0.6) is 0 Å². The Morgan fingerprint density at radius 2 is 1.47 bits per heavy atom. The minimum absolute atomic E-state index is 0.0730. The summed E-state index contributed by atoms with van der Waals surface area (Å²) < 4.78 is 5.95. The van der Waals surface area contributed by atoms with Crippen LogP contribution in [0.1, 0.15) is 47.5 Å². The molecule has 0 saturated carbocycles. The number of aliphatic hydroxyl groups is 1. The molecule has 0 aromatic rings. The summed E-state index contributed by atoms with van der Waals surface area (Å²) >= 11 is 0. The van der Waals surface area contributed by atoms with Crippen molar-refractivity contribution in [3.63, 3.8) is 0 Å². The molecular formula is C13H24O2. The lowest BCUT2D eigenvalue weighted by Crippen LogP contribution is -2.61. The Balaban J connectivity index is 2.38. The Morgan fingerprint density at radius 1 is 1.07 bits per heavy atom. The molecule has 0 radical (unpaired) electrons. The summed E-state index contributed by atoms with van der Waals surface area (Å²) in [6, 6.07) is 0. The van der Waals surface area contributed by atoms with Crippen LogP contribution in [-0.4, -0.2) is 22.9 Å². The van der Waals surface area contributed by atoms with Gasteiger partial charge in [-0.15, -0.1) is 0 Å². The van der Waals surface area contributed by atoms with Gasteiger partial charge in [-0.1, -0.05) is 34.6 Å². The first-order valence-electron chi connectivity index (χ1n) is 6.16. The van der Waals surface area contributed by atoms with Gasteiger partial charge < -0.3 is 9.84 Å². The summed E-state index contributed by atoms with van der Waals surface area (Å²) in [5.41, 5.74) is -0.659. The molecule has 2 nitrogen and oxygen atoms in total. The van der Waals surface area contributed by atoms with Crippen LogP contribution in [0.4, 0.5) is 0 Å². The Labute approximate surface area is 93.0 Å². The maximum atomic E-state index is 11.0. The molecule has 0 spiro atoms. The topological polar surface area (TPSA) is 29.5 Å². The van der Waals surface area contributed by atoms with Crippen molar-refractivity contribution in [1.29, 1.82) is 0 Å². The molecule has 0 aromatic carbocycles. The van der Waals surface area contributed by atoms with Gasteiger partial charge in [-0.05, 0) is 18.3 Å². The van der Waals surface area contributed by atoms with Crippen molar-refractivity contribution in [2.45, 2.75) is 65.3 Å². The van der Waals surface area contributed by atoms with Gasteiger partial charge >= 0.3 is 0 Å². The molecule has 2 aliphatic rings. The number of hydrogen-bond acceptors (Lipinski definition) is 2. The quantitative estimate of drug-likeness (QED) is 0.669. The van der Waals surface area contributed by atoms with E-state index in [1.165, 1.54) is 0 Å². The van der Waals surface area contributed by atoms with Gasteiger partial charge in [0.2, 0.25) is 0 Å². The van der Waals surface area contributed by atoms with E-state index in [0.29, 0.717) is 0 Å². The molecule has 2 fully saturated rings. The van der Waals surface area contributed by atoms with Crippen LogP contribution in [0, 0.1) is 17.3 Å². The Kier molecular flexibility index (Phi) is 2.44. The van der Waals surface area contributed by atoms with Crippen molar-refractivity contribution in [3.05, 3.63) is 0 Å². The summed E-state index contributed by atoms with van der Waals surface area (Å²) in [7, 11) is 0. The lowest BCUT2D eigenvalue weighted by molar-refractivity contribution is -0.231. The summed E-state index contributed by atoms with van der Waals surface area (Å²) in [6.45, 7) is 10.7. The van der Waals surface area contributed by atoms with Gasteiger partial charge in [-0.25, -0.2) is 0 Å². The lowest BCUT2D eigenvalue weighted by atomic mass is 9.60. The van der Waals surface area contributed by atoms with Crippen LogP contribution >= 0.6 is 0 Å². The van der Waals surface area contributed by atoms with Gasteiger partial charge in [-0.3, -0.25) is 0 Å². The molecule has 2 heteroatoms. The highest BCUT2D eigenvalue weighted by molar-refractivity contribution is 5.08. The van der Waals surface area contributed by atoms with E-state index in [0.717, 1.165) is 12.8 Å². The first-order valence-corrected chi connectivity index (χ1v) is 6.16. The minimum Gasteiger partial charge on any atom is -0.389 e. The predicted molar refractivity (Wildman–Crippen MR) is 60.6 cm³/mol. The van der Waals surface area contributed by atoms with E-state index in [1.54, 1.807) is 0 Å². The third-order valence-electron chi connectivity index (χ3n) is 4.79.